The maximum Gasteiger partial charge on any atom is 0.489 e. The number of aromatic nitrogens is 2. The first-order valence-corrected chi connectivity index (χ1v) is 7.05. The number of halogens is 2. The summed E-state index contributed by atoms with van der Waals surface area (Å²) in [5, 5.41) is 27.8. The predicted octanol–water partition coefficient (Wildman–Crippen LogP) is -0.0115. The molecule has 3 N–H and O–H groups in total. The Bertz CT molecular complexity index is 836. The van der Waals surface area contributed by atoms with Crippen molar-refractivity contribution in [2.24, 2.45) is 0 Å². The van der Waals surface area contributed by atoms with Gasteiger partial charge in [0.1, 0.15) is 11.6 Å². The van der Waals surface area contributed by atoms with Gasteiger partial charge >= 0.3 is 7.12 Å². The fourth-order valence-corrected chi connectivity index (χ4v) is 2.21. The molecule has 1 heterocycles. The predicted molar refractivity (Wildman–Crippen MR) is 76.5 cm³/mol. The molecule has 2 aromatic rings. The van der Waals surface area contributed by atoms with Gasteiger partial charge in [-0.25, -0.2) is 13.8 Å². The summed E-state index contributed by atoms with van der Waals surface area (Å²) >= 11 is 1.06. The van der Waals surface area contributed by atoms with Crippen LogP contribution in [0.1, 0.15) is 5.56 Å². The van der Waals surface area contributed by atoms with Crippen LogP contribution in [-0.2, 0) is 0 Å². The van der Waals surface area contributed by atoms with Gasteiger partial charge < -0.3 is 15.0 Å². The normalized spacial score (nSPS) is 10.4. The average Bonchev–Trinajstić information content (AvgIpc) is 2.48. The number of nitriles is 1. The van der Waals surface area contributed by atoms with Gasteiger partial charge in [0.05, 0.1) is 5.69 Å². The molecule has 0 bridgehead atoms. The molecule has 6 nitrogen and oxygen atoms in total. The van der Waals surface area contributed by atoms with E-state index in [1.54, 1.807) is 12.3 Å². The highest BCUT2D eigenvalue weighted by Gasteiger charge is 2.24. The van der Waals surface area contributed by atoms with E-state index in [0.29, 0.717) is 12.1 Å². The highest BCUT2D eigenvalue weighted by molar-refractivity contribution is 7.98. The minimum atomic E-state index is -2.13. The molecular formula is C12H8BF2N3O3S. The first kappa shape index (κ1) is 16.2. The van der Waals surface area contributed by atoms with Crippen molar-refractivity contribution in [1.29, 1.82) is 5.26 Å². The van der Waals surface area contributed by atoms with Gasteiger partial charge in [-0.2, -0.15) is 5.26 Å². The molecule has 0 saturated heterocycles. The highest BCUT2D eigenvalue weighted by atomic mass is 32.2. The number of H-pyrrole nitrogens is 1. The SMILES string of the molecule is CSc1nc(-c2cc(F)c(F)cc2B(O)O)c(C#N)c(=O)[nH]1. The van der Waals surface area contributed by atoms with Crippen LogP contribution >= 0.6 is 11.8 Å². The summed E-state index contributed by atoms with van der Waals surface area (Å²) in [5.74, 6) is -2.56. The number of nitrogens with zero attached hydrogens (tertiary/aromatic N) is 2. The molecule has 0 aliphatic carbocycles. The fourth-order valence-electron chi connectivity index (χ4n) is 1.83. The van der Waals surface area contributed by atoms with E-state index in [9.17, 15) is 23.6 Å². The number of aromatic amines is 1. The third-order valence-corrected chi connectivity index (χ3v) is 3.41. The molecule has 22 heavy (non-hydrogen) atoms. The van der Waals surface area contributed by atoms with Gasteiger partial charge in [0.2, 0.25) is 0 Å². The zero-order valence-electron chi connectivity index (χ0n) is 11.1. The fraction of sp³-hybridized carbons (Fsp3) is 0.0833. The molecular weight excluding hydrogens is 315 g/mol. The number of rotatable bonds is 3. The van der Waals surface area contributed by atoms with Crippen LogP contribution < -0.4 is 11.0 Å². The zero-order chi connectivity index (χ0) is 16.4. The Balaban J connectivity index is 2.87. The van der Waals surface area contributed by atoms with Crippen LogP contribution in [0.3, 0.4) is 0 Å². The topological polar surface area (TPSA) is 110 Å². The van der Waals surface area contributed by atoms with Crippen molar-refractivity contribution in [2.45, 2.75) is 5.16 Å². The van der Waals surface area contributed by atoms with Gasteiger partial charge in [-0.05, 0) is 23.9 Å². The van der Waals surface area contributed by atoms with Crippen LogP contribution in [0.15, 0.2) is 22.1 Å². The maximum absolute atomic E-state index is 13.5. The maximum atomic E-state index is 13.5. The highest BCUT2D eigenvalue weighted by Crippen LogP contribution is 2.22. The molecule has 0 aliphatic heterocycles. The second kappa shape index (κ2) is 6.27. The van der Waals surface area contributed by atoms with Crippen LogP contribution in [0.5, 0.6) is 0 Å². The molecule has 112 valence electrons. The minimum Gasteiger partial charge on any atom is -0.423 e. The monoisotopic (exact) mass is 323 g/mol. The number of hydrogen-bond donors (Lipinski definition) is 3. The van der Waals surface area contributed by atoms with Crippen molar-refractivity contribution in [3.05, 3.63) is 39.7 Å². The lowest BCUT2D eigenvalue weighted by molar-refractivity contribution is 0.425. The second-order valence-corrected chi connectivity index (χ2v) is 4.93. The van der Waals surface area contributed by atoms with Gasteiger partial charge in [-0.15, -0.1) is 0 Å². The van der Waals surface area contributed by atoms with Crippen LogP contribution in [0.2, 0.25) is 0 Å². The summed E-state index contributed by atoms with van der Waals surface area (Å²) < 4.78 is 26.8. The average molecular weight is 323 g/mol. The Hall–Kier alpha value is -2.22. The van der Waals surface area contributed by atoms with Crippen LogP contribution in [0, 0.1) is 23.0 Å². The van der Waals surface area contributed by atoms with Crippen LogP contribution in [0.25, 0.3) is 11.3 Å². The minimum absolute atomic E-state index is 0.141. The van der Waals surface area contributed by atoms with E-state index in [-0.39, 0.29) is 16.4 Å². The lowest BCUT2D eigenvalue weighted by atomic mass is 9.75. The zero-order valence-corrected chi connectivity index (χ0v) is 11.9. The van der Waals surface area contributed by atoms with Gasteiger partial charge in [0.25, 0.3) is 5.56 Å². The third kappa shape index (κ3) is 2.87. The van der Waals surface area contributed by atoms with Gasteiger partial charge in [-0.1, -0.05) is 11.8 Å². The molecule has 0 amide bonds. The van der Waals surface area contributed by atoms with E-state index in [1.807, 2.05) is 0 Å². The molecule has 10 heteroatoms. The molecule has 0 fully saturated rings. The van der Waals surface area contributed by atoms with Gasteiger partial charge in [0.15, 0.2) is 16.8 Å². The molecule has 0 spiro atoms. The Kier molecular flexibility index (Phi) is 4.61. The van der Waals surface area contributed by atoms with Crippen LogP contribution in [-0.4, -0.2) is 33.4 Å². The molecule has 0 saturated carbocycles. The molecule has 2 rings (SSSR count). The van der Waals surface area contributed by atoms with Crippen molar-refractivity contribution < 1.29 is 18.8 Å². The summed E-state index contributed by atoms with van der Waals surface area (Å²) in [5.41, 5.74) is -2.10. The van der Waals surface area contributed by atoms with Gasteiger partial charge in [0, 0.05) is 5.56 Å². The lowest BCUT2D eigenvalue weighted by Crippen LogP contribution is -2.33. The van der Waals surface area contributed by atoms with E-state index >= 15 is 0 Å². The Morgan fingerprint density at radius 3 is 2.55 bits per heavy atom. The molecule has 0 radical (unpaired) electrons. The Morgan fingerprint density at radius 2 is 2.00 bits per heavy atom. The van der Waals surface area contributed by atoms with Gasteiger partial charge in [-0.3, -0.25) is 4.79 Å². The van der Waals surface area contributed by atoms with E-state index < -0.39 is 35.3 Å². The van der Waals surface area contributed by atoms with Crippen molar-refractivity contribution in [1.82, 2.24) is 9.97 Å². The number of benzene rings is 1. The summed E-state index contributed by atoms with van der Waals surface area (Å²) in [7, 11) is -2.13. The van der Waals surface area contributed by atoms with E-state index in [0.717, 1.165) is 11.8 Å². The standard InChI is InChI=1S/C12H8BF2N3O3S/c1-22-12-17-10(6(4-16)11(19)18-12)5-2-8(14)9(15)3-7(5)13(20)21/h2-3,20-21H,1H3,(H,17,18,19). The smallest absolute Gasteiger partial charge is 0.423 e. The van der Waals surface area contributed by atoms with Crippen LogP contribution in [0.4, 0.5) is 8.78 Å². The van der Waals surface area contributed by atoms with Crippen molar-refractivity contribution in [2.75, 3.05) is 6.26 Å². The van der Waals surface area contributed by atoms with Crippen molar-refractivity contribution in [3.8, 4) is 17.3 Å². The van der Waals surface area contributed by atoms with E-state index in [1.165, 1.54) is 0 Å². The summed E-state index contributed by atoms with van der Waals surface area (Å²) in [4.78, 5) is 18.2. The summed E-state index contributed by atoms with van der Waals surface area (Å²) in [6.07, 6.45) is 1.61. The summed E-state index contributed by atoms with van der Waals surface area (Å²) in [6.45, 7) is 0. The molecule has 1 aromatic carbocycles. The first-order chi connectivity index (χ1) is 10.4. The molecule has 0 aliphatic rings. The summed E-state index contributed by atoms with van der Waals surface area (Å²) in [6, 6.07) is 2.86. The number of hydrogen-bond acceptors (Lipinski definition) is 6. The van der Waals surface area contributed by atoms with E-state index in [4.69, 9.17) is 5.26 Å². The van der Waals surface area contributed by atoms with E-state index in [2.05, 4.69) is 9.97 Å². The Labute approximate surface area is 127 Å². The molecule has 0 unspecified atom stereocenters. The Morgan fingerprint density at radius 1 is 1.36 bits per heavy atom. The molecule has 1 aromatic heterocycles. The second-order valence-electron chi connectivity index (χ2n) is 4.14. The first-order valence-electron chi connectivity index (χ1n) is 5.83. The quantitative estimate of drug-likeness (QED) is 0.416. The third-order valence-electron chi connectivity index (χ3n) is 2.83. The number of thioether (sulfide) groups is 1. The van der Waals surface area contributed by atoms with Crippen molar-refractivity contribution >= 4 is 24.3 Å². The lowest BCUT2D eigenvalue weighted by Gasteiger charge is -2.11. The largest absolute Gasteiger partial charge is 0.489 e. The molecule has 0 atom stereocenters. The number of nitrogens with one attached hydrogen (secondary N) is 1. The van der Waals surface area contributed by atoms with Crippen molar-refractivity contribution in [3.63, 3.8) is 0 Å².